The second kappa shape index (κ2) is 6.17. The molecule has 1 atom stereocenters. The molecule has 2 fully saturated rings. The second-order valence-corrected chi connectivity index (χ2v) is 8.20. The van der Waals surface area contributed by atoms with Crippen LogP contribution in [0.3, 0.4) is 0 Å². The van der Waals surface area contributed by atoms with Gasteiger partial charge in [0.25, 0.3) is 0 Å². The van der Waals surface area contributed by atoms with Crippen LogP contribution >= 0.6 is 11.3 Å². The van der Waals surface area contributed by atoms with E-state index >= 15 is 0 Å². The molecule has 0 aliphatic carbocycles. The van der Waals surface area contributed by atoms with E-state index in [1.165, 1.54) is 17.7 Å². The van der Waals surface area contributed by atoms with Crippen LogP contribution < -0.4 is 10.2 Å². The van der Waals surface area contributed by atoms with Crippen molar-refractivity contribution in [3.8, 4) is 0 Å². The van der Waals surface area contributed by atoms with E-state index in [1.54, 1.807) is 6.92 Å². The van der Waals surface area contributed by atoms with Crippen LogP contribution in [0, 0.1) is 12.3 Å². The minimum atomic E-state index is -0.939. The molecular weight excluding hydrogens is 356 g/mol. The Balaban J connectivity index is 1.59. The summed E-state index contributed by atoms with van der Waals surface area (Å²) in [5.74, 6) is -0.936. The van der Waals surface area contributed by atoms with E-state index in [0.29, 0.717) is 21.7 Å². The Morgan fingerprint density at radius 1 is 1.31 bits per heavy atom. The number of aromatic nitrogens is 2. The molecule has 0 aromatic carbocycles. The molecule has 2 aliphatic heterocycles. The van der Waals surface area contributed by atoms with Gasteiger partial charge in [0.05, 0.1) is 5.39 Å². The van der Waals surface area contributed by atoms with E-state index in [2.05, 4.69) is 20.2 Å². The van der Waals surface area contributed by atoms with Crippen molar-refractivity contribution in [2.45, 2.75) is 32.2 Å². The third-order valence-corrected chi connectivity index (χ3v) is 6.87. The van der Waals surface area contributed by atoms with E-state index in [4.69, 9.17) is 0 Å². The summed E-state index contributed by atoms with van der Waals surface area (Å²) in [7, 11) is 0. The van der Waals surface area contributed by atoms with Crippen LogP contribution in [0.2, 0.25) is 0 Å². The van der Waals surface area contributed by atoms with Crippen LogP contribution in [-0.2, 0) is 4.79 Å². The molecule has 1 spiro atoms. The molecule has 2 aromatic heterocycles. The molecule has 4 rings (SSSR count). The number of hydrogen-bond acceptors (Lipinski definition) is 7. The van der Waals surface area contributed by atoms with Crippen LogP contribution in [-0.4, -0.2) is 57.8 Å². The molecule has 4 heterocycles. The number of rotatable bonds is 3. The van der Waals surface area contributed by atoms with Gasteiger partial charge in [0.15, 0.2) is 0 Å². The number of fused-ring (bicyclic) bond motifs is 1. The number of piperidine rings is 1. The minimum absolute atomic E-state index is 0.0294. The molecule has 26 heavy (non-hydrogen) atoms. The SMILES string of the molecule is Cc1c(C(=O)O)sc2ncnc(N3CCC4(CC3)CN[C@@H](C(=O)O)C4)c12. The zero-order chi connectivity index (χ0) is 18.5. The summed E-state index contributed by atoms with van der Waals surface area (Å²) in [6.07, 6.45) is 3.94. The van der Waals surface area contributed by atoms with Crippen LogP contribution in [0.5, 0.6) is 0 Å². The topological polar surface area (TPSA) is 116 Å². The number of carboxylic acids is 2. The Labute approximate surface area is 153 Å². The van der Waals surface area contributed by atoms with Gasteiger partial charge in [0.1, 0.15) is 27.9 Å². The molecule has 2 aliphatic rings. The summed E-state index contributed by atoms with van der Waals surface area (Å²) in [4.78, 5) is 34.5. The Hall–Kier alpha value is -2.26. The molecule has 2 aromatic rings. The van der Waals surface area contributed by atoms with Gasteiger partial charge in [-0.2, -0.15) is 0 Å². The highest BCUT2D eigenvalue weighted by atomic mass is 32.1. The highest BCUT2D eigenvalue weighted by Crippen LogP contribution is 2.42. The number of carboxylic acid groups (broad SMARTS) is 2. The Kier molecular flexibility index (Phi) is 4.07. The van der Waals surface area contributed by atoms with Crippen LogP contribution in [0.1, 0.15) is 34.5 Å². The summed E-state index contributed by atoms with van der Waals surface area (Å²) in [6, 6.07) is -0.454. The normalized spacial score (nSPS) is 22.2. The molecule has 0 radical (unpaired) electrons. The summed E-state index contributed by atoms with van der Waals surface area (Å²) in [5.41, 5.74) is 0.739. The van der Waals surface area contributed by atoms with Gasteiger partial charge < -0.3 is 20.4 Å². The van der Waals surface area contributed by atoms with Gasteiger partial charge in [0.2, 0.25) is 0 Å². The van der Waals surface area contributed by atoms with Gasteiger partial charge in [0, 0.05) is 19.6 Å². The first-order valence-electron chi connectivity index (χ1n) is 8.59. The standard InChI is InChI=1S/C17H20N4O4S/c1-9-11-13(19-8-20-14(11)26-12(9)16(24)25)21-4-2-17(3-5-21)6-10(15(22)23)18-7-17/h8,10,18H,2-7H2,1H3,(H,22,23)(H,24,25)/t10-/m1/s1. The van der Waals surface area contributed by atoms with Crippen molar-refractivity contribution < 1.29 is 19.8 Å². The van der Waals surface area contributed by atoms with Crippen molar-refractivity contribution in [2.24, 2.45) is 5.41 Å². The first-order valence-corrected chi connectivity index (χ1v) is 9.40. The molecule has 0 bridgehead atoms. The predicted octanol–water partition coefficient (Wildman–Crippen LogP) is 1.73. The molecular formula is C17H20N4O4S. The van der Waals surface area contributed by atoms with Gasteiger partial charge in [-0.05, 0) is 37.2 Å². The van der Waals surface area contributed by atoms with Crippen molar-refractivity contribution in [3.05, 3.63) is 16.8 Å². The molecule has 0 saturated carbocycles. The summed E-state index contributed by atoms with van der Waals surface area (Å²) >= 11 is 1.18. The Morgan fingerprint density at radius 3 is 2.65 bits per heavy atom. The van der Waals surface area contributed by atoms with Gasteiger partial charge in [-0.25, -0.2) is 14.8 Å². The summed E-state index contributed by atoms with van der Waals surface area (Å²) < 4.78 is 0. The lowest BCUT2D eigenvalue weighted by atomic mass is 9.76. The number of hydrogen-bond donors (Lipinski definition) is 3. The maximum atomic E-state index is 11.4. The predicted molar refractivity (Wildman–Crippen MR) is 97.0 cm³/mol. The van der Waals surface area contributed by atoms with E-state index in [0.717, 1.165) is 43.7 Å². The highest BCUT2D eigenvalue weighted by molar-refractivity contribution is 7.20. The molecule has 8 nitrogen and oxygen atoms in total. The lowest BCUT2D eigenvalue weighted by molar-refractivity contribution is -0.139. The third-order valence-electron chi connectivity index (χ3n) is 5.68. The largest absolute Gasteiger partial charge is 0.480 e. The van der Waals surface area contributed by atoms with Crippen LogP contribution in [0.4, 0.5) is 5.82 Å². The molecule has 0 amide bonds. The Morgan fingerprint density at radius 2 is 2.04 bits per heavy atom. The smallest absolute Gasteiger partial charge is 0.346 e. The zero-order valence-electron chi connectivity index (χ0n) is 14.4. The van der Waals surface area contributed by atoms with Crippen molar-refractivity contribution in [2.75, 3.05) is 24.5 Å². The third kappa shape index (κ3) is 2.71. The average Bonchev–Trinajstić information content (AvgIpc) is 3.18. The maximum Gasteiger partial charge on any atom is 0.346 e. The molecule has 9 heteroatoms. The van der Waals surface area contributed by atoms with Gasteiger partial charge >= 0.3 is 11.9 Å². The van der Waals surface area contributed by atoms with Gasteiger partial charge in [-0.15, -0.1) is 11.3 Å². The number of thiophene rings is 1. The van der Waals surface area contributed by atoms with Crippen LogP contribution in [0.25, 0.3) is 10.2 Å². The van der Waals surface area contributed by atoms with Crippen molar-refractivity contribution in [3.63, 3.8) is 0 Å². The summed E-state index contributed by atoms with van der Waals surface area (Å²) in [6.45, 7) is 4.09. The monoisotopic (exact) mass is 376 g/mol. The Bertz CT molecular complexity index is 888. The van der Waals surface area contributed by atoms with Gasteiger partial charge in [-0.3, -0.25) is 4.79 Å². The second-order valence-electron chi connectivity index (χ2n) is 7.20. The number of anilines is 1. The molecule has 3 N–H and O–H groups in total. The lowest BCUT2D eigenvalue weighted by Crippen LogP contribution is -2.41. The molecule has 0 unspecified atom stereocenters. The van der Waals surface area contributed by atoms with Crippen molar-refractivity contribution in [1.29, 1.82) is 0 Å². The number of aromatic carboxylic acids is 1. The van der Waals surface area contributed by atoms with Crippen LogP contribution in [0.15, 0.2) is 6.33 Å². The van der Waals surface area contributed by atoms with Crippen molar-refractivity contribution >= 4 is 39.3 Å². The number of aryl methyl sites for hydroxylation is 1. The number of aliphatic carboxylic acids is 1. The summed E-state index contributed by atoms with van der Waals surface area (Å²) in [5, 5.41) is 22.5. The molecule has 138 valence electrons. The lowest BCUT2D eigenvalue weighted by Gasteiger charge is -2.39. The van der Waals surface area contributed by atoms with E-state index < -0.39 is 18.0 Å². The maximum absolute atomic E-state index is 11.4. The first-order chi connectivity index (χ1) is 12.4. The number of nitrogens with one attached hydrogen (secondary N) is 1. The fourth-order valence-electron chi connectivity index (χ4n) is 4.16. The van der Waals surface area contributed by atoms with E-state index in [1.807, 2.05) is 0 Å². The van der Waals surface area contributed by atoms with E-state index in [-0.39, 0.29) is 5.41 Å². The zero-order valence-corrected chi connectivity index (χ0v) is 15.2. The van der Waals surface area contributed by atoms with Gasteiger partial charge in [-0.1, -0.05) is 0 Å². The number of carbonyl (C=O) groups is 2. The van der Waals surface area contributed by atoms with Crippen molar-refractivity contribution in [1.82, 2.24) is 15.3 Å². The average molecular weight is 376 g/mol. The fraction of sp³-hybridized carbons (Fsp3) is 0.529. The highest BCUT2D eigenvalue weighted by Gasteiger charge is 2.44. The first kappa shape index (κ1) is 17.2. The quantitative estimate of drug-likeness (QED) is 0.742. The molecule has 2 saturated heterocycles. The fourth-order valence-corrected chi connectivity index (χ4v) is 5.14. The minimum Gasteiger partial charge on any atom is -0.480 e. The number of nitrogens with zero attached hydrogens (tertiary/aromatic N) is 3. The van der Waals surface area contributed by atoms with E-state index in [9.17, 15) is 19.8 Å².